The largest absolute Gasteiger partial charge is 0.224 e. The lowest BCUT2D eigenvalue weighted by atomic mass is 10.0. The van der Waals surface area contributed by atoms with E-state index < -0.39 is 26.4 Å². The second-order valence-electron chi connectivity index (χ2n) is 4.62. The minimum atomic E-state index is -3.84. The van der Waals surface area contributed by atoms with Crippen LogP contribution in [0.25, 0.3) is 0 Å². The van der Waals surface area contributed by atoms with E-state index in [0.717, 1.165) is 17.7 Å². The maximum absolute atomic E-state index is 13.7. The smallest absolute Gasteiger partial charge is 0.181 e. The van der Waals surface area contributed by atoms with Crippen molar-refractivity contribution in [3.63, 3.8) is 0 Å². The standard InChI is InChI=1S/C15H13BrF2O2S/c16-9-12(11-4-2-1-3-5-11)10-21(19,20)15-7-6-13(17)8-14(15)18/h1-8,12H,9-10H2. The molecule has 2 nitrogen and oxygen atoms in total. The van der Waals surface area contributed by atoms with Crippen LogP contribution in [0.2, 0.25) is 0 Å². The summed E-state index contributed by atoms with van der Waals surface area (Å²) < 4.78 is 51.2. The molecule has 0 saturated heterocycles. The van der Waals surface area contributed by atoms with Gasteiger partial charge in [-0.1, -0.05) is 46.3 Å². The molecule has 0 amide bonds. The van der Waals surface area contributed by atoms with Crippen molar-refractivity contribution < 1.29 is 17.2 Å². The molecule has 0 aromatic heterocycles. The van der Waals surface area contributed by atoms with E-state index in [9.17, 15) is 17.2 Å². The molecule has 21 heavy (non-hydrogen) atoms. The van der Waals surface area contributed by atoms with Gasteiger partial charge in [0.05, 0.1) is 5.75 Å². The summed E-state index contributed by atoms with van der Waals surface area (Å²) >= 11 is 3.29. The highest BCUT2D eigenvalue weighted by Crippen LogP contribution is 2.25. The van der Waals surface area contributed by atoms with Gasteiger partial charge in [0.1, 0.15) is 16.5 Å². The fourth-order valence-electron chi connectivity index (χ4n) is 2.04. The Morgan fingerprint density at radius 1 is 1.05 bits per heavy atom. The lowest BCUT2D eigenvalue weighted by Gasteiger charge is -2.15. The van der Waals surface area contributed by atoms with Crippen molar-refractivity contribution in [2.45, 2.75) is 10.8 Å². The molecular formula is C15H13BrF2O2S. The van der Waals surface area contributed by atoms with Crippen molar-refractivity contribution in [3.8, 4) is 0 Å². The number of rotatable bonds is 5. The Hall–Kier alpha value is -1.27. The molecule has 2 aromatic carbocycles. The molecule has 0 radical (unpaired) electrons. The lowest BCUT2D eigenvalue weighted by Crippen LogP contribution is -2.17. The summed E-state index contributed by atoms with van der Waals surface area (Å²) in [5.74, 6) is -2.41. The molecule has 0 N–H and O–H groups in total. The van der Waals surface area contributed by atoms with Crippen LogP contribution in [0.5, 0.6) is 0 Å². The van der Waals surface area contributed by atoms with E-state index in [1.54, 1.807) is 0 Å². The summed E-state index contributed by atoms with van der Waals surface area (Å²) in [5.41, 5.74) is 0.848. The van der Waals surface area contributed by atoms with Crippen LogP contribution in [0.4, 0.5) is 8.78 Å². The van der Waals surface area contributed by atoms with E-state index in [0.29, 0.717) is 11.4 Å². The summed E-state index contributed by atoms with van der Waals surface area (Å²) in [6, 6.07) is 11.6. The zero-order chi connectivity index (χ0) is 15.5. The summed E-state index contributed by atoms with van der Waals surface area (Å²) in [6.07, 6.45) is 0. The first-order valence-corrected chi connectivity index (χ1v) is 9.00. The van der Waals surface area contributed by atoms with Crippen molar-refractivity contribution in [3.05, 3.63) is 65.7 Å². The molecule has 1 unspecified atom stereocenters. The van der Waals surface area contributed by atoms with E-state index in [4.69, 9.17) is 0 Å². The summed E-state index contributed by atoms with van der Waals surface area (Å²) in [7, 11) is -3.84. The van der Waals surface area contributed by atoms with E-state index in [1.807, 2.05) is 30.3 Å². The maximum Gasteiger partial charge on any atom is 0.181 e. The van der Waals surface area contributed by atoms with E-state index in [-0.39, 0.29) is 11.7 Å². The molecule has 0 spiro atoms. The summed E-state index contributed by atoms with van der Waals surface area (Å²) in [4.78, 5) is -0.467. The van der Waals surface area contributed by atoms with Gasteiger partial charge < -0.3 is 0 Å². The first-order valence-electron chi connectivity index (χ1n) is 6.23. The number of alkyl halides is 1. The predicted octanol–water partition coefficient (Wildman–Crippen LogP) is 3.92. The van der Waals surface area contributed by atoms with Gasteiger partial charge in [0.2, 0.25) is 0 Å². The fraction of sp³-hybridized carbons (Fsp3) is 0.200. The van der Waals surface area contributed by atoms with Crippen LogP contribution in [-0.4, -0.2) is 19.5 Å². The molecule has 1 atom stereocenters. The van der Waals surface area contributed by atoms with Crippen LogP contribution in [0.15, 0.2) is 53.4 Å². The second-order valence-corrected chi connectivity index (χ2v) is 7.27. The number of hydrogen-bond donors (Lipinski definition) is 0. The van der Waals surface area contributed by atoms with Crippen LogP contribution in [-0.2, 0) is 9.84 Å². The third kappa shape index (κ3) is 3.89. The van der Waals surface area contributed by atoms with Gasteiger partial charge >= 0.3 is 0 Å². The van der Waals surface area contributed by atoms with Crippen molar-refractivity contribution >= 4 is 25.8 Å². The second kappa shape index (κ2) is 6.66. The average Bonchev–Trinajstić information content (AvgIpc) is 2.45. The number of halogens is 3. The first kappa shape index (κ1) is 16.1. The zero-order valence-corrected chi connectivity index (χ0v) is 13.4. The molecule has 0 aliphatic heterocycles. The van der Waals surface area contributed by atoms with Crippen molar-refractivity contribution in [1.29, 1.82) is 0 Å². The minimum absolute atomic E-state index is 0.245. The fourth-order valence-corrected chi connectivity index (χ4v) is 4.59. The Balaban J connectivity index is 2.32. The van der Waals surface area contributed by atoms with E-state index >= 15 is 0 Å². The topological polar surface area (TPSA) is 34.1 Å². The Labute approximate surface area is 130 Å². The van der Waals surface area contributed by atoms with Crippen molar-refractivity contribution in [2.75, 3.05) is 11.1 Å². The SMILES string of the molecule is O=S(=O)(CC(CBr)c1ccccc1)c1ccc(F)cc1F. The van der Waals surface area contributed by atoms with Gasteiger partial charge in [-0.15, -0.1) is 0 Å². The Bertz CT molecular complexity index is 718. The molecule has 0 fully saturated rings. The molecule has 0 bridgehead atoms. The molecule has 0 aliphatic rings. The van der Waals surface area contributed by atoms with E-state index in [2.05, 4.69) is 15.9 Å². The predicted molar refractivity (Wildman–Crippen MR) is 81.4 cm³/mol. The van der Waals surface area contributed by atoms with Crippen molar-refractivity contribution in [1.82, 2.24) is 0 Å². The lowest BCUT2D eigenvalue weighted by molar-refractivity contribution is 0.547. The normalized spacial score (nSPS) is 13.1. The Morgan fingerprint density at radius 3 is 2.29 bits per heavy atom. The van der Waals surface area contributed by atoms with Gasteiger partial charge in [0, 0.05) is 17.3 Å². The molecule has 2 aromatic rings. The van der Waals surface area contributed by atoms with E-state index in [1.165, 1.54) is 0 Å². The van der Waals surface area contributed by atoms with Crippen LogP contribution in [0, 0.1) is 11.6 Å². The van der Waals surface area contributed by atoms with Crippen molar-refractivity contribution in [2.24, 2.45) is 0 Å². The molecule has 0 heterocycles. The third-order valence-corrected chi connectivity index (χ3v) is 5.73. The van der Waals surface area contributed by atoms with Gasteiger partial charge in [-0.3, -0.25) is 0 Å². The summed E-state index contributed by atoms with van der Waals surface area (Å²) in [6.45, 7) is 0. The van der Waals surface area contributed by atoms with Crippen LogP contribution in [0.1, 0.15) is 11.5 Å². The number of hydrogen-bond acceptors (Lipinski definition) is 2. The Kier molecular flexibility index (Phi) is 5.11. The molecule has 0 aliphatic carbocycles. The van der Waals surface area contributed by atoms with Crippen LogP contribution < -0.4 is 0 Å². The van der Waals surface area contributed by atoms with Crippen LogP contribution >= 0.6 is 15.9 Å². The summed E-state index contributed by atoms with van der Waals surface area (Å²) in [5, 5.41) is 0.430. The van der Waals surface area contributed by atoms with Gasteiger partial charge in [0.25, 0.3) is 0 Å². The van der Waals surface area contributed by atoms with Gasteiger partial charge in [-0.05, 0) is 17.7 Å². The minimum Gasteiger partial charge on any atom is -0.224 e. The highest BCUT2D eigenvalue weighted by atomic mass is 79.9. The molecule has 2 rings (SSSR count). The molecule has 6 heteroatoms. The first-order chi connectivity index (χ1) is 9.94. The molecule has 112 valence electrons. The van der Waals surface area contributed by atoms with Gasteiger partial charge in [0.15, 0.2) is 9.84 Å². The highest BCUT2D eigenvalue weighted by molar-refractivity contribution is 9.09. The average molecular weight is 375 g/mol. The molecular weight excluding hydrogens is 362 g/mol. The highest BCUT2D eigenvalue weighted by Gasteiger charge is 2.25. The number of sulfone groups is 1. The Morgan fingerprint density at radius 2 is 1.71 bits per heavy atom. The number of benzene rings is 2. The third-order valence-electron chi connectivity index (χ3n) is 3.11. The maximum atomic E-state index is 13.7. The molecule has 0 saturated carbocycles. The van der Waals surface area contributed by atoms with Gasteiger partial charge in [-0.25, -0.2) is 17.2 Å². The van der Waals surface area contributed by atoms with Gasteiger partial charge in [-0.2, -0.15) is 0 Å². The monoisotopic (exact) mass is 374 g/mol. The van der Waals surface area contributed by atoms with Crippen LogP contribution in [0.3, 0.4) is 0 Å². The zero-order valence-electron chi connectivity index (χ0n) is 11.0. The quantitative estimate of drug-likeness (QED) is 0.587.